The Balaban J connectivity index is 1.85. The number of rotatable bonds is 5. The van der Waals surface area contributed by atoms with E-state index in [1.165, 1.54) is 18.2 Å². The number of nitro groups is 1. The number of amides is 2. The highest BCUT2D eigenvalue weighted by Gasteiger charge is 2.38. The average Bonchev–Trinajstić information content (AvgIpc) is 2.84. The fraction of sp³-hybridized carbons (Fsp3) is 0.231. The van der Waals surface area contributed by atoms with Crippen LogP contribution in [0.3, 0.4) is 0 Å². The van der Waals surface area contributed by atoms with Crippen molar-refractivity contribution in [2.75, 3.05) is 9.80 Å². The number of hydrogen-bond acceptors (Lipinski definition) is 4. The van der Waals surface area contributed by atoms with Crippen molar-refractivity contribution in [3.63, 3.8) is 0 Å². The smallest absolute Gasteiger partial charge is 0.270 e. The number of para-hydroxylation sites is 2. The summed E-state index contributed by atoms with van der Waals surface area (Å²) >= 11 is 0. The Hall–Kier alpha value is -4.00. The van der Waals surface area contributed by atoms with Gasteiger partial charge in [-0.3, -0.25) is 19.7 Å². The summed E-state index contributed by atoms with van der Waals surface area (Å²) < 4.78 is 0. The van der Waals surface area contributed by atoms with Crippen LogP contribution in [0.1, 0.15) is 48.7 Å². The Bertz CT molecular complexity index is 1190. The minimum atomic E-state index is -0.504. The SMILES string of the molecule is CCC(=O)N1c2ccccc2[C@H](N(C(=O)c2cccc([N+](=O)[O-])c2)c2ccccc2)C[C@H]1C. The maximum Gasteiger partial charge on any atom is 0.270 e. The first-order valence-corrected chi connectivity index (χ1v) is 11.0. The van der Waals surface area contributed by atoms with E-state index in [1.807, 2.05) is 73.3 Å². The second-order valence-electron chi connectivity index (χ2n) is 8.09. The maximum atomic E-state index is 13.8. The lowest BCUT2D eigenvalue weighted by Crippen LogP contribution is -2.47. The van der Waals surface area contributed by atoms with Crippen molar-refractivity contribution in [1.29, 1.82) is 0 Å². The second kappa shape index (κ2) is 9.24. The molecule has 2 amide bonds. The topological polar surface area (TPSA) is 83.8 Å². The number of anilines is 2. The molecule has 3 aromatic carbocycles. The average molecular weight is 444 g/mol. The standard InChI is InChI=1S/C26H25N3O4/c1-3-25(30)27-18(2)16-24(22-14-7-8-15-23(22)27)28(20-11-5-4-6-12-20)26(31)19-10-9-13-21(17-19)29(32)33/h4-15,17-18,24H,3,16H2,1-2H3/t18-,24-/m1/s1. The molecule has 1 aliphatic rings. The molecule has 3 aromatic rings. The van der Waals surface area contributed by atoms with Crippen molar-refractivity contribution in [1.82, 2.24) is 0 Å². The molecule has 4 rings (SSSR count). The monoisotopic (exact) mass is 443 g/mol. The van der Waals surface area contributed by atoms with Gasteiger partial charge in [0, 0.05) is 41.5 Å². The number of nitro benzene ring substituents is 1. The van der Waals surface area contributed by atoms with E-state index in [4.69, 9.17) is 0 Å². The Labute approximate surface area is 192 Å². The first-order valence-electron chi connectivity index (χ1n) is 11.0. The highest BCUT2D eigenvalue weighted by molar-refractivity contribution is 6.07. The van der Waals surface area contributed by atoms with E-state index in [9.17, 15) is 19.7 Å². The van der Waals surface area contributed by atoms with E-state index in [1.54, 1.807) is 11.0 Å². The van der Waals surface area contributed by atoms with Crippen molar-refractivity contribution in [3.8, 4) is 0 Å². The van der Waals surface area contributed by atoms with Gasteiger partial charge in [0.1, 0.15) is 0 Å². The third-order valence-electron chi connectivity index (χ3n) is 6.00. The van der Waals surface area contributed by atoms with Crippen molar-refractivity contribution in [3.05, 3.63) is 100 Å². The fourth-order valence-electron chi connectivity index (χ4n) is 4.50. The molecule has 7 heteroatoms. The molecule has 0 aliphatic carbocycles. The molecule has 0 saturated carbocycles. The molecule has 0 radical (unpaired) electrons. The van der Waals surface area contributed by atoms with E-state index in [0.717, 1.165) is 11.3 Å². The van der Waals surface area contributed by atoms with Gasteiger partial charge in [0.2, 0.25) is 5.91 Å². The highest BCUT2D eigenvalue weighted by Crippen LogP contribution is 2.43. The van der Waals surface area contributed by atoms with Gasteiger partial charge in [-0.15, -0.1) is 0 Å². The molecule has 168 valence electrons. The van der Waals surface area contributed by atoms with Crippen molar-refractivity contribution >= 4 is 28.9 Å². The van der Waals surface area contributed by atoms with Gasteiger partial charge in [-0.2, -0.15) is 0 Å². The Morgan fingerprint density at radius 2 is 1.73 bits per heavy atom. The normalized spacial score (nSPS) is 17.2. The van der Waals surface area contributed by atoms with Crippen LogP contribution in [0.5, 0.6) is 0 Å². The molecule has 0 unspecified atom stereocenters. The first-order chi connectivity index (χ1) is 15.9. The van der Waals surface area contributed by atoms with Gasteiger partial charge in [-0.05, 0) is 43.2 Å². The minimum absolute atomic E-state index is 0.0321. The van der Waals surface area contributed by atoms with Crippen LogP contribution < -0.4 is 9.80 Å². The van der Waals surface area contributed by atoms with Crippen LogP contribution in [0.4, 0.5) is 17.1 Å². The second-order valence-corrected chi connectivity index (χ2v) is 8.09. The van der Waals surface area contributed by atoms with E-state index in [-0.39, 0.29) is 35.1 Å². The molecule has 0 fully saturated rings. The Morgan fingerprint density at radius 3 is 2.42 bits per heavy atom. The van der Waals surface area contributed by atoms with Crippen LogP contribution in [-0.4, -0.2) is 22.8 Å². The zero-order chi connectivity index (χ0) is 23.5. The molecule has 1 heterocycles. The van der Waals surface area contributed by atoms with Gasteiger partial charge in [0.05, 0.1) is 11.0 Å². The maximum absolute atomic E-state index is 13.8. The third-order valence-corrected chi connectivity index (χ3v) is 6.00. The summed E-state index contributed by atoms with van der Waals surface area (Å²) in [7, 11) is 0. The fourth-order valence-corrected chi connectivity index (χ4v) is 4.50. The lowest BCUT2D eigenvalue weighted by molar-refractivity contribution is -0.384. The molecule has 0 N–H and O–H groups in total. The van der Waals surface area contributed by atoms with Gasteiger partial charge in [-0.1, -0.05) is 49.4 Å². The van der Waals surface area contributed by atoms with Crippen LogP contribution in [0.15, 0.2) is 78.9 Å². The van der Waals surface area contributed by atoms with E-state index >= 15 is 0 Å². The predicted octanol–water partition coefficient (Wildman–Crippen LogP) is 5.52. The quantitative estimate of drug-likeness (QED) is 0.384. The van der Waals surface area contributed by atoms with E-state index < -0.39 is 4.92 Å². The molecule has 0 spiro atoms. The zero-order valence-electron chi connectivity index (χ0n) is 18.5. The zero-order valence-corrected chi connectivity index (χ0v) is 18.5. The number of hydrogen-bond donors (Lipinski definition) is 0. The molecular formula is C26H25N3O4. The summed E-state index contributed by atoms with van der Waals surface area (Å²) in [4.78, 5) is 40.9. The number of carbonyl (C=O) groups excluding carboxylic acids is 2. The first kappa shape index (κ1) is 22.2. The third kappa shape index (κ3) is 4.22. The molecule has 33 heavy (non-hydrogen) atoms. The lowest BCUT2D eigenvalue weighted by atomic mass is 9.89. The van der Waals surface area contributed by atoms with Gasteiger partial charge in [-0.25, -0.2) is 0 Å². The molecule has 0 saturated heterocycles. The predicted molar refractivity (Wildman–Crippen MR) is 127 cm³/mol. The molecule has 0 aromatic heterocycles. The summed E-state index contributed by atoms with van der Waals surface area (Å²) in [6, 6.07) is 22.3. The van der Waals surface area contributed by atoms with Crippen molar-refractivity contribution in [2.24, 2.45) is 0 Å². The van der Waals surface area contributed by atoms with Crippen LogP contribution in [-0.2, 0) is 4.79 Å². The van der Waals surface area contributed by atoms with Crippen molar-refractivity contribution < 1.29 is 14.5 Å². The minimum Gasteiger partial charge on any atom is -0.309 e. The van der Waals surface area contributed by atoms with Crippen molar-refractivity contribution in [2.45, 2.75) is 38.8 Å². The molecule has 1 aliphatic heterocycles. The molecule has 0 bridgehead atoms. The summed E-state index contributed by atoms with van der Waals surface area (Å²) in [5.41, 5.74) is 2.47. The Kier molecular flexibility index (Phi) is 6.22. The van der Waals surface area contributed by atoms with Crippen LogP contribution in [0.2, 0.25) is 0 Å². The van der Waals surface area contributed by atoms with E-state index in [2.05, 4.69) is 0 Å². The summed E-state index contributed by atoms with van der Waals surface area (Å²) in [5, 5.41) is 11.3. The molecule has 2 atom stereocenters. The molecule has 7 nitrogen and oxygen atoms in total. The lowest BCUT2D eigenvalue weighted by Gasteiger charge is -2.43. The highest BCUT2D eigenvalue weighted by atomic mass is 16.6. The summed E-state index contributed by atoms with van der Waals surface area (Å²) in [6.07, 6.45) is 0.927. The molecular weight excluding hydrogens is 418 g/mol. The van der Waals surface area contributed by atoms with Gasteiger partial charge in [0.25, 0.3) is 11.6 Å². The summed E-state index contributed by atoms with van der Waals surface area (Å²) in [5.74, 6) is -0.295. The van der Waals surface area contributed by atoms with Gasteiger partial charge in [0.15, 0.2) is 0 Å². The van der Waals surface area contributed by atoms with Crippen LogP contribution in [0, 0.1) is 10.1 Å². The Morgan fingerprint density at radius 1 is 1.03 bits per heavy atom. The number of nitrogens with zero attached hydrogens (tertiary/aromatic N) is 3. The number of carbonyl (C=O) groups is 2. The van der Waals surface area contributed by atoms with E-state index in [0.29, 0.717) is 18.5 Å². The van der Waals surface area contributed by atoms with Gasteiger partial charge >= 0.3 is 0 Å². The van der Waals surface area contributed by atoms with Crippen LogP contribution in [0.25, 0.3) is 0 Å². The summed E-state index contributed by atoms with van der Waals surface area (Å²) in [6.45, 7) is 3.82. The number of fused-ring (bicyclic) bond motifs is 1. The van der Waals surface area contributed by atoms with Crippen LogP contribution >= 0.6 is 0 Å². The van der Waals surface area contributed by atoms with Gasteiger partial charge < -0.3 is 9.80 Å². The number of benzene rings is 3. The number of non-ortho nitro benzene ring substituents is 1. The largest absolute Gasteiger partial charge is 0.309 e.